The summed E-state index contributed by atoms with van der Waals surface area (Å²) in [6, 6.07) is 5.20. The van der Waals surface area contributed by atoms with Crippen molar-refractivity contribution < 1.29 is 18.0 Å². The van der Waals surface area contributed by atoms with E-state index in [-0.39, 0.29) is 11.8 Å². The Bertz CT molecular complexity index is 666. The van der Waals surface area contributed by atoms with E-state index in [1.807, 2.05) is 11.8 Å². The molecule has 3 rings (SSSR count). The minimum Gasteiger partial charge on any atom is -0.342 e. The molecule has 2 saturated heterocycles. The Morgan fingerprint density at radius 3 is 2.38 bits per heavy atom. The number of rotatable bonds is 5. The molecular weight excluding hydrogens is 377 g/mol. The number of piperidine rings is 2. The fourth-order valence-electron chi connectivity index (χ4n) is 4.56. The van der Waals surface area contributed by atoms with Crippen LogP contribution in [0.4, 0.5) is 13.2 Å². The number of carbonyl (C=O) groups excluding carboxylic acids is 1. The molecule has 29 heavy (non-hydrogen) atoms. The van der Waals surface area contributed by atoms with Crippen molar-refractivity contribution in [2.45, 2.75) is 58.0 Å². The molecule has 2 aliphatic rings. The Balaban J connectivity index is 1.50. The highest BCUT2D eigenvalue weighted by atomic mass is 19.4. The highest BCUT2D eigenvalue weighted by Crippen LogP contribution is 2.31. The van der Waals surface area contributed by atoms with E-state index in [0.29, 0.717) is 12.3 Å². The van der Waals surface area contributed by atoms with Crippen LogP contribution in [-0.4, -0.2) is 48.4 Å². The van der Waals surface area contributed by atoms with Crippen molar-refractivity contribution in [3.05, 3.63) is 35.4 Å². The van der Waals surface area contributed by atoms with Crippen molar-refractivity contribution >= 4 is 5.91 Å². The van der Waals surface area contributed by atoms with Gasteiger partial charge in [0.1, 0.15) is 0 Å². The molecule has 0 aromatic heterocycles. The second-order valence-electron chi connectivity index (χ2n) is 9.06. The highest BCUT2D eigenvalue weighted by Gasteiger charge is 2.31. The van der Waals surface area contributed by atoms with Crippen LogP contribution >= 0.6 is 0 Å². The molecular formula is C23H33F3N2O. The number of carbonyl (C=O) groups is 1. The topological polar surface area (TPSA) is 23.6 Å². The largest absolute Gasteiger partial charge is 0.416 e. The highest BCUT2D eigenvalue weighted by molar-refractivity contribution is 5.77. The van der Waals surface area contributed by atoms with Gasteiger partial charge in [-0.15, -0.1) is 0 Å². The summed E-state index contributed by atoms with van der Waals surface area (Å²) in [5.74, 6) is 1.38. The van der Waals surface area contributed by atoms with E-state index >= 15 is 0 Å². The predicted octanol–water partition coefficient (Wildman–Crippen LogP) is 5.17. The average Bonchev–Trinajstić information content (AvgIpc) is 2.69. The summed E-state index contributed by atoms with van der Waals surface area (Å²) in [6.45, 7) is 9.24. The predicted molar refractivity (Wildman–Crippen MR) is 109 cm³/mol. The molecule has 0 aliphatic carbocycles. The minimum atomic E-state index is -4.33. The number of amides is 1. The van der Waals surface area contributed by atoms with Crippen molar-refractivity contribution in [3.8, 4) is 0 Å². The molecule has 2 atom stereocenters. The lowest BCUT2D eigenvalue weighted by Crippen LogP contribution is -2.45. The molecule has 0 spiro atoms. The van der Waals surface area contributed by atoms with Gasteiger partial charge in [0.05, 0.1) is 5.56 Å². The Labute approximate surface area is 172 Å². The van der Waals surface area contributed by atoms with Crippen LogP contribution < -0.4 is 0 Å². The van der Waals surface area contributed by atoms with Gasteiger partial charge in [0, 0.05) is 26.1 Å². The van der Waals surface area contributed by atoms with Crippen molar-refractivity contribution in [3.63, 3.8) is 0 Å². The van der Waals surface area contributed by atoms with Gasteiger partial charge in [-0.3, -0.25) is 4.79 Å². The smallest absolute Gasteiger partial charge is 0.342 e. The molecule has 1 amide bonds. The van der Waals surface area contributed by atoms with Crippen LogP contribution in [0.1, 0.15) is 63.0 Å². The molecule has 3 nitrogen and oxygen atoms in total. The molecule has 2 fully saturated rings. The van der Waals surface area contributed by atoms with Crippen molar-refractivity contribution in [1.29, 1.82) is 0 Å². The lowest BCUT2D eigenvalue weighted by atomic mass is 9.92. The summed E-state index contributed by atoms with van der Waals surface area (Å²) < 4.78 is 38.2. The summed E-state index contributed by atoms with van der Waals surface area (Å²) in [7, 11) is 0. The summed E-state index contributed by atoms with van der Waals surface area (Å²) in [5.41, 5.74) is 0.133. The molecule has 1 aromatic rings. The summed E-state index contributed by atoms with van der Waals surface area (Å²) >= 11 is 0. The van der Waals surface area contributed by atoms with Crippen LogP contribution in [0.5, 0.6) is 0 Å². The molecule has 2 heterocycles. The maximum absolute atomic E-state index is 12.8. The van der Waals surface area contributed by atoms with Crippen LogP contribution in [0.3, 0.4) is 0 Å². The van der Waals surface area contributed by atoms with E-state index in [1.54, 1.807) is 0 Å². The Morgan fingerprint density at radius 1 is 1.10 bits per heavy atom. The van der Waals surface area contributed by atoms with E-state index in [4.69, 9.17) is 0 Å². The first-order valence-corrected chi connectivity index (χ1v) is 10.9. The second kappa shape index (κ2) is 9.50. The normalized spacial score (nSPS) is 23.2. The number of hydrogen-bond donors (Lipinski definition) is 0. The minimum absolute atomic E-state index is 0.0891. The summed E-state index contributed by atoms with van der Waals surface area (Å²) in [5, 5.41) is 0. The van der Waals surface area contributed by atoms with Gasteiger partial charge in [0.2, 0.25) is 5.91 Å². The van der Waals surface area contributed by atoms with E-state index in [1.165, 1.54) is 31.4 Å². The lowest BCUT2D eigenvalue weighted by Gasteiger charge is -2.38. The van der Waals surface area contributed by atoms with E-state index in [9.17, 15) is 18.0 Å². The van der Waals surface area contributed by atoms with Gasteiger partial charge >= 0.3 is 6.18 Å². The zero-order chi connectivity index (χ0) is 21.0. The van der Waals surface area contributed by atoms with Crippen molar-refractivity contribution in [1.82, 2.24) is 9.80 Å². The van der Waals surface area contributed by atoms with Gasteiger partial charge in [-0.1, -0.05) is 26.0 Å². The molecule has 162 valence electrons. The monoisotopic (exact) mass is 410 g/mol. The third-order valence-electron chi connectivity index (χ3n) is 6.55. The zero-order valence-electron chi connectivity index (χ0n) is 17.5. The quantitative estimate of drug-likeness (QED) is 0.669. The first kappa shape index (κ1) is 22.1. The standard InChI is InChI=1S/C23H33F3N2O/c1-17-9-12-27(13-10-17)15-19-4-3-11-28(16-19)22(29)14-18(2)20-5-7-21(8-6-20)23(24,25)26/h5-8,17-19H,3-4,9-16H2,1-2H3. The number of benzene rings is 1. The Kier molecular flexibility index (Phi) is 7.25. The van der Waals surface area contributed by atoms with Gasteiger partial charge < -0.3 is 9.80 Å². The van der Waals surface area contributed by atoms with Gasteiger partial charge in [0.25, 0.3) is 0 Å². The Hall–Kier alpha value is -1.56. The maximum Gasteiger partial charge on any atom is 0.416 e. The number of alkyl halides is 3. The molecule has 1 aromatic carbocycles. The van der Waals surface area contributed by atoms with E-state index in [0.717, 1.165) is 62.8 Å². The first-order chi connectivity index (χ1) is 13.7. The van der Waals surface area contributed by atoms with Gasteiger partial charge in [0.15, 0.2) is 0 Å². The molecule has 2 aliphatic heterocycles. The Morgan fingerprint density at radius 2 is 1.76 bits per heavy atom. The van der Waals surface area contributed by atoms with Crippen LogP contribution in [-0.2, 0) is 11.0 Å². The number of likely N-dealkylation sites (tertiary alicyclic amines) is 2. The summed E-state index contributed by atoms with van der Waals surface area (Å²) in [4.78, 5) is 17.3. The van der Waals surface area contributed by atoms with E-state index < -0.39 is 11.7 Å². The molecule has 6 heteroatoms. The fraction of sp³-hybridized carbons (Fsp3) is 0.696. The molecule has 2 unspecified atom stereocenters. The number of nitrogens with zero attached hydrogens (tertiary/aromatic N) is 2. The molecule has 0 saturated carbocycles. The molecule has 0 bridgehead atoms. The van der Waals surface area contributed by atoms with Crippen LogP contribution in [0.25, 0.3) is 0 Å². The average molecular weight is 411 g/mol. The van der Waals surface area contributed by atoms with Crippen LogP contribution in [0.2, 0.25) is 0 Å². The number of halogens is 3. The third-order valence-corrected chi connectivity index (χ3v) is 6.55. The fourth-order valence-corrected chi connectivity index (χ4v) is 4.56. The molecule has 0 N–H and O–H groups in total. The second-order valence-corrected chi connectivity index (χ2v) is 9.06. The SMILES string of the molecule is CC1CCN(CC2CCCN(C(=O)CC(C)c3ccc(C(F)(F)F)cc3)C2)CC1. The number of hydrogen-bond acceptors (Lipinski definition) is 2. The van der Waals surface area contributed by atoms with E-state index in [2.05, 4.69) is 11.8 Å². The first-order valence-electron chi connectivity index (χ1n) is 10.9. The lowest BCUT2D eigenvalue weighted by molar-refractivity contribution is -0.137. The van der Waals surface area contributed by atoms with Gasteiger partial charge in [-0.2, -0.15) is 13.2 Å². The van der Waals surface area contributed by atoms with Gasteiger partial charge in [-0.25, -0.2) is 0 Å². The van der Waals surface area contributed by atoms with Gasteiger partial charge in [-0.05, 0) is 74.2 Å². The van der Waals surface area contributed by atoms with Crippen molar-refractivity contribution in [2.24, 2.45) is 11.8 Å². The summed E-state index contributed by atoms with van der Waals surface area (Å²) in [6.07, 6.45) is 0.756. The van der Waals surface area contributed by atoms with Crippen LogP contribution in [0.15, 0.2) is 24.3 Å². The van der Waals surface area contributed by atoms with Crippen molar-refractivity contribution in [2.75, 3.05) is 32.7 Å². The zero-order valence-corrected chi connectivity index (χ0v) is 17.5. The third kappa shape index (κ3) is 6.21. The molecule has 0 radical (unpaired) electrons. The van der Waals surface area contributed by atoms with Crippen LogP contribution in [0, 0.1) is 11.8 Å². The maximum atomic E-state index is 12.8.